The molecule has 1 N–H and O–H groups in total. The summed E-state index contributed by atoms with van der Waals surface area (Å²) >= 11 is 5.85. The third-order valence-electron chi connectivity index (χ3n) is 4.47. The standard InChI is InChI=1S/C22H15ClF5N3O2/c1-12(32)31(18-6-5-14(10-17(18)25)22(26,27)28)19-11-15(7-8-29-19)30-20(33)9-13-3-2-4-16(24)21(13)23/h2-8,10-11H,9H2,1H3,(H,29,30,33). The van der Waals surface area contributed by atoms with E-state index >= 15 is 0 Å². The summed E-state index contributed by atoms with van der Waals surface area (Å²) in [6, 6.07) is 8.39. The molecule has 33 heavy (non-hydrogen) atoms. The quantitative estimate of drug-likeness (QED) is 0.460. The molecular weight excluding hydrogens is 469 g/mol. The van der Waals surface area contributed by atoms with E-state index in [0.717, 1.165) is 24.0 Å². The highest BCUT2D eigenvalue weighted by Crippen LogP contribution is 2.34. The van der Waals surface area contributed by atoms with Crippen molar-refractivity contribution in [3.8, 4) is 0 Å². The van der Waals surface area contributed by atoms with Gasteiger partial charge >= 0.3 is 6.18 Å². The zero-order valence-corrected chi connectivity index (χ0v) is 17.6. The molecule has 5 nitrogen and oxygen atoms in total. The average Bonchev–Trinajstić information content (AvgIpc) is 2.72. The van der Waals surface area contributed by atoms with Gasteiger partial charge in [0.1, 0.15) is 17.5 Å². The number of pyridine rings is 1. The van der Waals surface area contributed by atoms with Gasteiger partial charge in [-0.3, -0.25) is 14.5 Å². The molecule has 0 aliphatic rings. The summed E-state index contributed by atoms with van der Waals surface area (Å²) in [7, 11) is 0. The van der Waals surface area contributed by atoms with Crippen molar-refractivity contribution < 1.29 is 31.5 Å². The molecule has 0 aliphatic heterocycles. The van der Waals surface area contributed by atoms with E-state index in [4.69, 9.17) is 11.6 Å². The molecule has 3 aromatic rings. The maximum absolute atomic E-state index is 14.5. The molecule has 0 atom stereocenters. The van der Waals surface area contributed by atoms with Crippen molar-refractivity contribution >= 4 is 40.6 Å². The van der Waals surface area contributed by atoms with Crippen LogP contribution in [0.15, 0.2) is 54.7 Å². The molecule has 172 valence electrons. The minimum atomic E-state index is -4.76. The Morgan fingerprint density at radius 3 is 2.42 bits per heavy atom. The lowest BCUT2D eigenvalue weighted by molar-refractivity contribution is -0.137. The lowest BCUT2D eigenvalue weighted by Crippen LogP contribution is -2.25. The van der Waals surface area contributed by atoms with E-state index in [1.165, 1.54) is 30.5 Å². The fraction of sp³-hybridized carbons (Fsp3) is 0.136. The lowest BCUT2D eigenvalue weighted by atomic mass is 10.1. The topological polar surface area (TPSA) is 62.3 Å². The lowest BCUT2D eigenvalue weighted by Gasteiger charge is -2.22. The first-order valence-electron chi connectivity index (χ1n) is 9.33. The number of rotatable bonds is 5. The van der Waals surface area contributed by atoms with Crippen LogP contribution >= 0.6 is 11.6 Å². The van der Waals surface area contributed by atoms with E-state index in [0.29, 0.717) is 6.07 Å². The molecule has 0 fully saturated rings. The van der Waals surface area contributed by atoms with Crippen LogP contribution in [0.25, 0.3) is 0 Å². The molecule has 0 aliphatic carbocycles. The Labute approximate surface area is 189 Å². The van der Waals surface area contributed by atoms with Crippen LogP contribution in [0, 0.1) is 11.6 Å². The fourth-order valence-electron chi connectivity index (χ4n) is 3.00. The van der Waals surface area contributed by atoms with Gasteiger partial charge in [0, 0.05) is 24.9 Å². The van der Waals surface area contributed by atoms with Gasteiger partial charge in [0.05, 0.1) is 22.7 Å². The van der Waals surface area contributed by atoms with Crippen molar-refractivity contribution in [2.75, 3.05) is 10.2 Å². The van der Waals surface area contributed by atoms with E-state index in [-0.39, 0.29) is 34.6 Å². The number of nitrogens with one attached hydrogen (secondary N) is 1. The molecule has 0 unspecified atom stereocenters. The van der Waals surface area contributed by atoms with E-state index in [2.05, 4.69) is 10.3 Å². The normalized spacial score (nSPS) is 11.2. The second-order valence-electron chi connectivity index (χ2n) is 6.86. The second-order valence-corrected chi connectivity index (χ2v) is 7.24. The molecule has 0 spiro atoms. The summed E-state index contributed by atoms with van der Waals surface area (Å²) in [4.78, 5) is 29.3. The number of halogens is 6. The molecular formula is C22H15ClF5N3O2. The molecule has 1 heterocycles. The van der Waals surface area contributed by atoms with Crippen LogP contribution in [0.5, 0.6) is 0 Å². The van der Waals surface area contributed by atoms with Crippen LogP contribution in [0.4, 0.5) is 39.1 Å². The SMILES string of the molecule is CC(=O)N(c1cc(NC(=O)Cc2cccc(F)c2Cl)ccn1)c1ccc(C(F)(F)F)cc1F. The molecule has 3 rings (SSSR count). The number of amides is 2. The van der Waals surface area contributed by atoms with Gasteiger partial charge in [-0.25, -0.2) is 13.8 Å². The van der Waals surface area contributed by atoms with Crippen molar-refractivity contribution in [2.24, 2.45) is 0 Å². The number of carbonyl (C=O) groups excluding carboxylic acids is 2. The summed E-state index contributed by atoms with van der Waals surface area (Å²) in [5.41, 5.74) is -1.24. The summed E-state index contributed by atoms with van der Waals surface area (Å²) in [5.74, 6) is -3.38. The van der Waals surface area contributed by atoms with Crippen LogP contribution in [0.3, 0.4) is 0 Å². The van der Waals surface area contributed by atoms with E-state index in [9.17, 15) is 31.5 Å². The maximum Gasteiger partial charge on any atom is 0.416 e. The number of hydrogen-bond acceptors (Lipinski definition) is 3. The van der Waals surface area contributed by atoms with Crippen molar-refractivity contribution in [3.05, 3.63) is 82.5 Å². The Balaban J connectivity index is 1.86. The smallest absolute Gasteiger partial charge is 0.326 e. The summed E-state index contributed by atoms with van der Waals surface area (Å²) < 4.78 is 66.5. The third-order valence-corrected chi connectivity index (χ3v) is 4.90. The molecule has 0 bridgehead atoms. The predicted molar refractivity (Wildman–Crippen MR) is 112 cm³/mol. The van der Waals surface area contributed by atoms with Gasteiger partial charge in [0.2, 0.25) is 11.8 Å². The number of benzene rings is 2. The van der Waals surface area contributed by atoms with E-state index in [1.807, 2.05) is 0 Å². The Morgan fingerprint density at radius 1 is 1.06 bits per heavy atom. The largest absolute Gasteiger partial charge is 0.416 e. The zero-order chi connectivity index (χ0) is 24.3. The summed E-state index contributed by atoms with van der Waals surface area (Å²) in [6.07, 6.45) is -3.79. The second kappa shape index (κ2) is 9.53. The van der Waals surface area contributed by atoms with E-state index in [1.54, 1.807) is 0 Å². The van der Waals surface area contributed by atoms with Gasteiger partial charge in [-0.1, -0.05) is 23.7 Å². The third kappa shape index (κ3) is 5.64. The van der Waals surface area contributed by atoms with Gasteiger partial charge in [0.25, 0.3) is 0 Å². The van der Waals surface area contributed by atoms with Crippen molar-refractivity contribution in [1.29, 1.82) is 0 Å². The van der Waals surface area contributed by atoms with Crippen LogP contribution < -0.4 is 10.2 Å². The predicted octanol–water partition coefficient (Wildman–Crippen LogP) is 5.90. The number of aromatic nitrogens is 1. The average molecular weight is 484 g/mol. The number of alkyl halides is 3. The Kier molecular flexibility index (Phi) is 6.97. The van der Waals surface area contributed by atoms with Crippen molar-refractivity contribution in [1.82, 2.24) is 4.98 Å². The highest BCUT2D eigenvalue weighted by molar-refractivity contribution is 6.31. The van der Waals surface area contributed by atoms with Gasteiger partial charge in [0.15, 0.2) is 0 Å². The molecule has 0 radical (unpaired) electrons. The zero-order valence-electron chi connectivity index (χ0n) is 16.9. The number of carbonyl (C=O) groups is 2. The van der Waals surface area contributed by atoms with Crippen LogP contribution in [-0.4, -0.2) is 16.8 Å². The molecule has 1 aromatic heterocycles. The number of nitrogens with zero attached hydrogens (tertiary/aromatic N) is 2. The molecule has 2 aromatic carbocycles. The van der Waals surface area contributed by atoms with Gasteiger partial charge in [-0.05, 0) is 35.9 Å². The maximum atomic E-state index is 14.5. The monoisotopic (exact) mass is 483 g/mol. The summed E-state index contributed by atoms with van der Waals surface area (Å²) in [5, 5.41) is 2.33. The highest BCUT2D eigenvalue weighted by Gasteiger charge is 2.32. The van der Waals surface area contributed by atoms with Crippen LogP contribution in [-0.2, 0) is 22.2 Å². The fourth-order valence-corrected chi connectivity index (χ4v) is 3.19. The minimum absolute atomic E-state index is 0.136. The van der Waals surface area contributed by atoms with E-state index < -0.39 is 40.9 Å². The molecule has 11 heteroatoms. The number of anilines is 3. The van der Waals surface area contributed by atoms with Crippen LogP contribution in [0.2, 0.25) is 5.02 Å². The van der Waals surface area contributed by atoms with Crippen molar-refractivity contribution in [3.63, 3.8) is 0 Å². The first-order valence-corrected chi connectivity index (χ1v) is 9.71. The molecule has 0 saturated carbocycles. The number of hydrogen-bond donors (Lipinski definition) is 1. The van der Waals surface area contributed by atoms with Gasteiger partial charge < -0.3 is 5.32 Å². The van der Waals surface area contributed by atoms with Gasteiger partial charge in [-0.2, -0.15) is 13.2 Å². The first kappa shape index (κ1) is 24.1. The Bertz CT molecular complexity index is 1220. The highest BCUT2D eigenvalue weighted by atomic mass is 35.5. The van der Waals surface area contributed by atoms with Gasteiger partial charge in [-0.15, -0.1) is 0 Å². The Morgan fingerprint density at radius 2 is 1.79 bits per heavy atom. The summed E-state index contributed by atoms with van der Waals surface area (Å²) in [6.45, 7) is 1.08. The van der Waals surface area contributed by atoms with Crippen LogP contribution in [0.1, 0.15) is 18.1 Å². The van der Waals surface area contributed by atoms with Crippen molar-refractivity contribution in [2.45, 2.75) is 19.5 Å². The first-order chi connectivity index (χ1) is 15.5. The molecule has 0 saturated heterocycles. The Hall–Kier alpha value is -3.53. The minimum Gasteiger partial charge on any atom is -0.326 e. The molecule has 2 amide bonds.